The lowest BCUT2D eigenvalue weighted by atomic mass is 10.2. The van der Waals surface area contributed by atoms with Crippen LogP contribution in [0.2, 0.25) is 0 Å². The molecule has 1 N–H and O–H groups in total. The van der Waals surface area contributed by atoms with Crippen LogP contribution in [0.5, 0.6) is 11.5 Å². The van der Waals surface area contributed by atoms with Gasteiger partial charge in [0.05, 0.1) is 0 Å². The number of carbonyl (C=O) groups excluding carboxylic acids is 1. The van der Waals surface area contributed by atoms with Crippen molar-refractivity contribution in [3.8, 4) is 11.5 Å². The fraction of sp³-hybridized carbons (Fsp3) is 0.583. The maximum absolute atomic E-state index is 11.4. The monoisotopic (exact) mass is 226 g/mol. The molecule has 1 heterocycles. The number of hydrogen-bond acceptors (Lipinski definition) is 4. The van der Waals surface area contributed by atoms with Crippen LogP contribution in [0, 0.1) is 6.92 Å². The maximum Gasteiger partial charge on any atom is 0.311 e. The van der Waals surface area contributed by atoms with E-state index in [4.69, 9.17) is 9.15 Å². The number of ether oxygens (including phenoxy) is 1. The topological polar surface area (TPSA) is 59.7 Å². The molecule has 1 rings (SSSR count). The van der Waals surface area contributed by atoms with Crippen molar-refractivity contribution < 1.29 is 19.1 Å². The predicted octanol–water partition coefficient (Wildman–Crippen LogP) is 2.95. The summed E-state index contributed by atoms with van der Waals surface area (Å²) in [5.74, 6) is 0.686. The number of esters is 1. The second-order valence-corrected chi connectivity index (χ2v) is 3.69. The zero-order chi connectivity index (χ0) is 12.1. The zero-order valence-electron chi connectivity index (χ0n) is 10.0. The van der Waals surface area contributed by atoms with Gasteiger partial charge >= 0.3 is 5.97 Å². The average Bonchev–Trinajstić information content (AvgIpc) is 2.54. The molecule has 0 saturated heterocycles. The van der Waals surface area contributed by atoms with Gasteiger partial charge in [-0.15, -0.1) is 0 Å². The minimum atomic E-state index is -0.326. The first-order valence-electron chi connectivity index (χ1n) is 5.62. The molecule has 0 unspecified atom stereocenters. The van der Waals surface area contributed by atoms with Crippen LogP contribution in [0.25, 0.3) is 0 Å². The summed E-state index contributed by atoms with van der Waals surface area (Å²) in [6.07, 6.45) is 2.67. The summed E-state index contributed by atoms with van der Waals surface area (Å²) in [5, 5.41) is 9.65. The van der Waals surface area contributed by atoms with Crippen LogP contribution in [0.3, 0.4) is 0 Å². The van der Waals surface area contributed by atoms with E-state index in [9.17, 15) is 9.90 Å². The number of carbonyl (C=O) groups is 1. The molecule has 0 aliphatic carbocycles. The van der Waals surface area contributed by atoms with E-state index in [0.717, 1.165) is 12.8 Å². The van der Waals surface area contributed by atoms with E-state index in [1.165, 1.54) is 0 Å². The third kappa shape index (κ3) is 2.78. The van der Waals surface area contributed by atoms with Gasteiger partial charge in [-0.2, -0.15) is 0 Å². The van der Waals surface area contributed by atoms with Crippen molar-refractivity contribution in [1.29, 1.82) is 0 Å². The Kier molecular flexibility index (Phi) is 4.40. The van der Waals surface area contributed by atoms with Gasteiger partial charge in [0.1, 0.15) is 5.76 Å². The van der Waals surface area contributed by atoms with Crippen LogP contribution < -0.4 is 4.74 Å². The Labute approximate surface area is 95.2 Å². The summed E-state index contributed by atoms with van der Waals surface area (Å²) in [6, 6.07) is 0. The number of furan rings is 1. The molecule has 0 amide bonds. The van der Waals surface area contributed by atoms with Crippen molar-refractivity contribution in [3.05, 3.63) is 11.5 Å². The maximum atomic E-state index is 11.4. The number of rotatable bonds is 5. The fourth-order valence-electron chi connectivity index (χ4n) is 1.40. The lowest BCUT2D eigenvalue weighted by Gasteiger charge is -2.03. The van der Waals surface area contributed by atoms with E-state index < -0.39 is 0 Å². The number of hydrogen-bond donors (Lipinski definition) is 1. The molecule has 0 saturated carbocycles. The molecule has 90 valence electrons. The molecule has 4 heteroatoms. The van der Waals surface area contributed by atoms with E-state index in [1.807, 2.05) is 13.8 Å². The van der Waals surface area contributed by atoms with E-state index in [2.05, 4.69) is 0 Å². The number of aromatic hydroxyl groups is 1. The first-order chi connectivity index (χ1) is 7.60. The number of unbranched alkanes of at least 4 members (excludes halogenated alkanes) is 1. The highest BCUT2D eigenvalue weighted by Gasteiger charge is 2.20. The summed E-state index contributed by atoms with van der Waals surface area (Å²) >= 11 is 0. The van der Waals surface area contributed by atoms with Crippen LogP contribution in [0.4, 0.5) is 0 Å². The lowest BCUT2D eigenvalue weighted by Crippen LogP contribution is -2.08. The highest BCUT2D eigenvalue weighted by atomic mass is 16.6. The van der Waals surface area contributed by atoms with Gasteiger partial charge in [0, 0.05) is 12.8 Å². The van der Waals surface area contributed by atoms with Crippen LogP contribution in [0.1, 0.15) is 44.6 Å². The molecule has 1 aromatic rings. The molecule has 0 spiro atoms. The lowest BCUT2D eigenvalue weighted by molar-refractivity contribution is -0.134. The van der Waals surface area contributed by atoms with Crippen molar-refractivity contribution in [2.24, 2.45) is 0 Å². The second-order valence-electron chi connectivity index (χ2n) is 3.69. The average molecular weight is 226 g/mol. The highest BCUT2D eigenvalue weighted by Crippen LogP contribution is 2.37. The molecule has 0 aliphatic heterocycles. The van der Waals surface area contributed by atoms with Crippen molar-refractivity contribution >= 4 is 5.97 Å². The molecule has 4 nitrogen and oxygen atoms in total. The normalized spacial score (nSPS) is 10.4. The van der Waals surface area contributed by atoms with Crippen molar-refractivity contribution in [3.63, 3.8) is 0 Å². The van der Waals surface area contributed by atoms with Gasteiger partial charge in [0.2, 0.25) is 11.5 Å². The zero-order valence-corrected chi connectivity index (χ0v) is 10.0. The molecule has 0 aliphatic rings. The minimum absolute atomic E-state index is 0.0679. The Morgan fingerprint density at radius 3 is 2.69 bits per heavy atom. The van der Waals surface area contributed by atoms with Gasteiger partial charge < -0.3 is 14.3 Å². The number of aryl methyl sites for hydroxylation is 2. The van der Waals surface area contributed by atoms with Gasteiger partial charge in [-0.05, 0) is 13.3 Å². The second kappa shape index (κ2) is 5.58. The first-order valence-corrected chi connectivity index (χ1v) is 5.62. The Hall–Kier alpha value is -1.45. The Bertz CT molecular complexity index is 365. The SMILES string of the molecule is CCCCC(=O)Oc1c(CC)oc(C)c1O. The van der Waals surface area contributed by atoms with E-state index in [1.54, 1.807) is 6.92 Å². The van der Waals surface area contributed by atoms with Crippen LogP contribution in [-0.4, -0.2) is 11.1 Å². The molecule has 0 atom stereocenters. The molecule has 1 aromatic heterocycles. The summed E-state index contributed by atoms with van der Waals surface area (Å²) in [4.78, 5) is 11.4. The Morgan fingerprint density at radius 2 is 2.12 bits per heavy atom. The molecule has 16 heavy (non-hydrogen) atoms. The van der Waals surface area contributed by atoms with E-state index in [0.29, 0.717) is 24.4 Å². The van der Waals surface area contributed by atoms with Gasteiger partial charge in [-0.25, -0.2) is 0 Å². The first kappa shape index (κ1) is 12.6. The third-order valence-electron chi connectivity index (χ3n) is 2.35. The summed E-state index contributed by atoms with van der Waals surface area (Å²) in [7, 11) is 0. The third-order valence-corrected chi connectivity index (χ3v) is 2.35. The molecule has 0 fully saturated rings. The van der Waals surface area contributed by atoms with Crippen LogP contribution >= 0.6 is 0 Å². The predicted molar refractivity (Wildman–Crippen MR) is 59.6 cm³/mol. The quantitative estimate of drug-likeness (QED) is 0.784. The molecular formula is C12H18O4. The van der Waals surface area contributed by atoms with Gasteiger partial charge in [-0.3, -0.25) is 4.79 Å². The van der Waals surface area contributed by atoms with E-state index in [-0.39, 0.29) is 17.5 Å². The van der Waals surface area contributed by atoms with E-state index >= 15 is 0 Å². The molecule has 0 bridgehead atoms. The Morgan fingerprint density at radius 1 is 1.44 bits per heavy atom. The molecule has 0 aromatic carbocycles. The van der Waals surface area contributed by atoms with Gasteiger partial charge in [0.25, 0.3) is 0 Å². The smallest absolute Gasteiger partial charge is 0.311 e. The summed E-state index contributed by atoms with van der Waals surface area (Å²) < 4.78 is 10.4. The minimum Gasteiger partial charge on any atom is -0.502 e. The van der Waals surface area contributed by atoms with Gasteiger partial charge in [-0.1, -0.05) is 20.3 Å². The van der Waals surface area contributed by atoms with Crippen molar-refractivity contribution in [1.82, 2.24) is 0 Å². The Balaban J connectivity index is 2.75. The molecular weight excluding hydrogens is 208 g/mol. The highest BCUT2D eigenvalue weighted by molar-refractivity contribution is 5.73. The van der Waals surface area contributed by atoms with Crippen LogP contribution in [-0.2, 0) is 11.2 Å². The van der Waals surface area contributed by atoms with Crippen LogP contribution in [0.15, 0.2) is 4.42 Å². The van der Waals surface area contributed by atoms with Crippen molar-refractivity contribution in [2.75, 3.05) is 0 Å². The largest absolute Gasteiger partial charge is 0.502 e. The van der Waals surface area contributed by atoms with Crippen molar-refractivity contribution in [2.45, 2.75) is 46.5 Å². The fourth-order valence-corrected chi connectivity index (χ4v) is 1.40. The standard InChI is InChI=1S/C12H18O4/c1-4-6-7-10(13)16-12-9(5-2)15-8(3)11(12)14/h14H,4-7H2,1-3H3. The summed E-state index contributed by atoms with van der Waals surface area (Å²) in [5.41, 5.74) is 0. The molecule has 0 radical (unpaired) electrons. The van der Waals surface area contributed by atoms with Gasteiger partial charge in [0.15, 0.2) is 5.76 Å². The summed E-state index contributed by atoms with van der Waals surface area (Å²) in [6.45, 7) is 5.52.